The van der Waals surface area contributed by atoms with E-state index in [-0.39, 0.29) is 24.6 Å². The molecule has 0 bridgehead atoms. The lowest BCUT2D eigenvalue weighted by Gasteiger charge is -2.20. The topological polar surface area (TPSA) is 90.2 Å². The maximum Gasteiger partial charge on any atom is 0.256 e. The highest BCUT2D eigenvalue weighted by molar-refractivity contribution is 7.22. The lowest BCUT2D eigenvalue weighted by molar-refractivity contribution is -0.119. The average molecular weight is 436 g/mol. The van der Waals surface area contributed by atoms with Crippen molar-refractivity contribution in [2.45, 2.75) is 26.9 Å². The second-order valence-electron chi connectivity index (χ2n) is 6.99. The summed E-state index contributed by atoms with van der Waals surface area (Å²) in [5.74, 6) is 0.357. The van der Waals surface area contributed by atoms with Crippen LogP contribution in [0.3, 0.4) is 0 Å². The number of thiazole rings is 1. The van der Waals surface area contributed by atoms with Crippen molar-refractivity contribution in [3.05, 3.63) is 76.2 Å². The third kappa shape index (κ3) is 4.17. The molecule has 0 aliphatic heterocycles. The van der Waals surface area contributed by atoms with Crippen LogP contribution in [0.15, 0.2) is 53.7 Å². The summed E-state index contributed by atoms with van der Waals surface area (Å²) >= 11 is 1.39. The Morgan fingerprint density at radius 3 is 2.74 bits per heavy atom. The first-order valence-corrected chi connectivity index (χ1v) is 10.5. The number of ether oxygens (including phenoxy) is 1. The Labute approximate surface area is 182 Å². The molecule has 158 valence electrons. The smallest absolute Gasteiger partial charge is 0.256 e. The first-order valence-electron chi connectivity index (χ1n) is 9.64. The van der Waals surface area contributed by atoms with E-state index in [1.165, 1.54) is 22.2 Å². The summed E-state index contributed by atoms with van der Waals surface area (Å²) in [7, 11) is 1.59. The van der Waals surface area contributed by atoms with Crippen LogP contribution >= 0.6 is 11.3 Å². The minimum Gasteiger partial charge on any atom is -0.494 e. The van der Waals surface area contributed by atoms with Crippen LogP contribution in [0.2, 0.25) is 0 Å². The molecule has 0 atom stereocenters. The number of anilines is 1. The quantitative estimate of drug-likeness (QED) is 0.462. The Hall–Kier alpha value is -3.59. The summed E-state index contributed by atoms with van der Waals surface area (Å²) in [4.78, 5) is 40.7. The van der Waals surface area contributed by atoms with Gasteiger partial charge in [-0.25, -0.2) is 9.97 Å². The predicted octanol–water partition coefficient (Wildman–Crippen LogP) is 3.11. The van der Waals surface area contributed by atoms with Gasteiger partial charge in [0, 0.05) is 17.5 Å². The zero-order valence-electron chi connectivity index (χ0n) is 17.4. The number of fused-ring (bicyclic) bond motifs is 1. The molecule has 0 N–H and O–H groups in total. The third-order valence-electron chi connectivity index (χ3n) is 4.99. The van der Waals surface area contributed by atoms with Gasteiger partial charge in [-0.15, -0.1) is 0 Å². The zero-order valence-corrected chi connectivity index (χ0v) is 18.2. The van der Waals surface area contributed by atoms with Crippen molar-refractivity contribution in [1.82, 2.24) is 19.5 Å². The van der Waals surface area contributed by atoms with E-state index in [9.17, 15) is 9.59 Å². The molecule has 1 amide bonds. The molecule has 0 saturated heterocycles. The lowest BCUT2D eigenvalue weighted by Crippen LogP contribution is -2.37. The number of hydrogen-bond acceptors (Lipinski definition) is 7. The Bertz CT molecular complexity index is 1300. The number of rotatable bonds is 6. The van der Waals surface area contributed by atoms with E-state index < -0.39 is 0 Å². The molecular weight excluding hydrogens is 414 g/mol. The molecule has 9 heteroatoms. The maximum atomic E-state index is 13.3. The number of pyridine rings is 1. The Morgan fingerprint density at radius 2 is 2.00 bits per heavy atom. The van der Waals surface area contributed by atoms with Crippen molar-refractivity contribution in [1.29, 1.82) is 0 Å². The monoisotopic (exact) mass is 435 g/mol. The summed E-state index contributed by atoms with van der Waals surface area (Å²) in [5, 5.41) is 0.514. The molecule has 0 radical (unpaired) electrons. The molecule has 31 heavy (non-hydrogen) atoms. The van der Waals surface area contributed by atoms with Gasteiger partial charge in [-0.3, -0.25) is 24.0 Å². The van der Waals surface area contributed by atoms with Crippen molar-refractivity contribution in [2.75, 3.05) is 12.0 Å². The Kier molecular flexibility index (Phi) is 5.77. The summed E-state index contributed by atoms with van der Waals surface area (Å²) < 4.78 is 7.63. The average Bonchev–Trinajstić information content (AvgIpc) is 3.22. The summed E-state index contributed by atoms with van der Waals surface area (Å²) in [6.07, 6.45) is 3.08. The summed E-state index contributed by atoms with van der Waals surface area (Å²) in [6.45, 7) is 3.56. The minimum atomic E-state index is -0.282. The first kappa shape index (κ1) is 20.7. The second-order valence-corrected chi connectivity index (χ2v) is 8.00. The van der Waals surface area contributed by atoms with Crippen molar-refractivity contribution in [3.63, 3.8) is 0 Å². The van der Waals surface area contributed by atoms with E-state index >= 15 is 0 Å². The van der Waals surface area contributed by atoms with Crippen molar-refractivity contribution in [2.24, 2.45) is 0 Å². The van der Waals surface area contributed by atoms with Gasteiger partial charge in [0.2, 0.25) is 5.91 Å². The highest BCUT2D eigenvalue weighted by Crippen LogP contribution is 2.34. The highest BCUT2D eigenvalue weighted by atomic mass is 32.1. The van der Waals surface area contributed by atoms with Gasteiger partial charge < -0.3 is 4.74 Å². The van der Waals surface area contributed by atoms with Gasteiger partial charge in [-0.1, -0.05) is 23.5 Å². The number of amides is 1. The third-order valence-corrected chi connectivity index (χ3v) is 6.03. The maximum absolute atomic E-state index is 13.3. The van der Waals surface area contributed by atoms with Crippen LogP contribution in [-0.4, -0.2) is 32.5 Å². The number of methoxy groups -OCH3 is 1. The number of carbonyl (C=O) groups is 1. The molecule has 3 aromatic heterocycles. The van der Waals surface area contributed by atoms with Crippen LogP contribution in [-0.2, 0) is 17.9 Å². The predicted molar refractivity (Wildman–Crippen MR) is 120 cm³/mol. The number of hydrogen-bond donors (Lipinski definition) is 0. The lowest BCUT2D eigenvalue weighted by atomic mass is 10.2. The molecule has 3 heterocycles. The van der Waals surface area contributed by atoms with E-state index in [1.807, 2.05) is 36.4 Å². The number of aromatic nitrogens is 4. The fraction of sp³-hybridized carbons (Fsp3) is 0.227. The van der Waals surface area contributed by atoms with E-state index in [4.69, 9.17) is 4.74 Å². The zero-order chi connectivity index (χ0) is 22.0. The van der Waals surface area contributed by atoms with Crippen molar-refractivity contribution in [3.8, 4) is 5.75 Å². The van der Waals surface area contributed by atoms with Gasteiger partial charge in [-0.2, -0.15) is 0 Å². The number of carbonyl (C=O) groups excluding carboxylic acids is 1. The summed E-state index contributed by atoms with van der Waals surface area (Å²) in [5.41, 5.74) is 2.35. The van der Waals surface area contributed by atoms with Crippen LogP contribution in [0.1, 0.15) is 17.0 Å². The molecule has 0 fully saturated rings. The first-order chi connectivity index (χ1) is 15.0. The number of para-hydroxylation sites is 1. The molecule has 0 aliphatic rings. The largest absolute Gasteiger partial charge is 0.494 e. The molecule has 1 aromatic carbocycles. The minimum absolute atomic E-state index is 0.146. The molecule has 0 saturated carbocycles. The van der Waals surface area contributed by atoms with Crippen LogP contribution in [0.4, 0.5) is 5.13 Å². The van der Waals surface area contributed by atoms with Gasteiger partial charge in [0.15, 0.2) is 5.13 Å². The van der Waals surface area contributed by atoms with Crippen LogP contribution in [0.25, 0.3) is 10.2 Å². The standard InChI is InChI=1S/C22H21N5O3S/c1-14-15(2)24-13-26(21(14)29)12-19(28)27(11-16-7-4-5-10-23-16)22-25-20-17(30-3)8-6-9-18(20)31-22/h4-10,13H,11-12H2,1-3H3. The van der Waals surface area contributed by atoms with Crippen LogP contribution < -0.4 is 15.2 Å². The fourth-order valence-electron chi connectivity index (χ4n) is 3.13. The van der Waals surface area contributed by atoms with Crippen molar-refractivity contribution < 1.29 is 9.53 Å². The number of benzene rings is 1. The molecule has 0 spiro atoms. The van der Waals surface area contributed by atoms with Crippen LogP contribution in [0, 0.1) is 13.8 Å². The Morgan fingerprint density at radius 1 is 1.16 bits per heavy atom. The number of nitrogens with zero attached hydrogens (tertiary/aromatic N) is 5. The molecular formula is C22H21N5O3S. The van der Waals surface area contributed by atoms with Gasteiger partial charge in [0.05, 0.1) is 30.4 Å². The van der Waals surface area contributed by atoms with Gasteiger partial charge >= 0.3 is 0 Å². The molecule has 4 aromatic rings. The highest BCUT2D eigenvalue weighted by Gasteiger charge is 2.23. The SMILES string of the molecule is COc1cccc2sc(N(Cc3ccccn3)C(=O)Cn3cnc(C)c(C)c3=O)nc12. The molecule has 0 aliphatic carbocycles. The molecule has 4 rings (SSSR count). The fourth-order valence-corrected chi connectivity index (χ4v) is 4.13. The van der Waals surface area contributed by atoms with E-state index in [0.29, 0.717) is 33.3 Å². The van der Waals surface area contributed by atoms with E-state index in [0.717, 1.165) is 4.70 Å². The van der Waals surface area contributed by atoms with Crippen molar-refractivity contribution >= 4 is 32.6 Å². The number of aryl methyl sites for hydroxylation is 1. The van der Waals surface area contributed by atoms with Gasteiger partial charge in [0.25, 0.3) is 5.56 Å². The molecule has 8 nitrogen and oxygen atoms in total. The van der Waals surface area contributed by atoms with E-state index in [1.54, 1.807) is 32.1 Å². The van der Waals surface area contributed by atoms with Crippen LogP contribution in [0.5, 0.6) is 5.75 Å². The van der Waals surface area contributed by atoms with E-state index in [2.05, 4.69) is 15.0 Å². The normalized spacial score (nSPS) is 10.9. The second kappa shape index (κ2) is 8.65. The van der Waals surface area contributed by atoms with Gasteiger partial charge in [-0.05, 0) is 38.1 Å². The molecule has 0 unspecified atom stereocenters. The van der Waals surface area contributed by atoms with Gasteiger partial charge in [0.1, 0.15) is 17.8 Å². The summed E-state index contributed by atoms with van der Waals surface area (Å²) in [6, 6.07) is 11.2. The Balaban J connectivity index is 1.73.